The average Bonchev–Trinajstić information content (AvgIpc) is 3.51. The summed E-state index contributed by atoms with van der Waals surface area (Å²) in [7, 11) is -4.30. The van der Waals surface area contributed by atoms with Crippen LogP contribution in [-0.4, -0.2) is 69.0 Å². The maximum absolute atomic E-state index is 11.2. The van der Waals surface area contributed by atoms with Crippen molar-refractivity contribution in [1.29, 1.82) is 0 Å². The molecule has 192 valence electrons. The summed E-state index contributed by atoms with van der Waals surface area (Å²) in [5.74, 6) is 0.332. The molecule has 4 unspecified atom stereocenters. The number of nitrogens with one attached hydrogen (secondary N) is 2. The SMILES string of the molecule is O=P(O)(O)CCC1OC(n2cnc3c(Nc4ccc5[nH]c6ccccc6c5c4)nc(Cl)nc32)C(O)C1O. The van der Waals surface area contributed by atoms with Crippen LogP contribution >= 0.6 is 19.2 Å². The highest BCUT2D eigenvalue weighted by molar-refractivity contribution is 7.51. The lowest BCUT2D eigenvalue weighted by atomic mass is 10.1. The van der Waals surface area contributed by atoms with Crippen LogP contribution in [0.3, 0.4) is 0 Å². The molecule has 37 heavy (non-hydrogen) atoms. The Morgan fingerprint density at radius 1 is 1.08 bits per heavy atom. The number of imidazole rings is 1. The van der Waals surface area contributed by atoms with E-state index in [0.717, 1.165) is 27.5 Å². The van der Waals surface area contributed by atoms with Gasteiger partial charge in [-0.3, -0.25) is 9.13 Å². The first kappa shape index (κ1) is 24.3. The minimum Gasteiger partial charge on any atom is -0.388 e. The van der Waals surface area contributed by atoms with Crippen molar-refractivity contribution in [3.8, 4) is 0 Å². The molecule has 0 radical (unpaired) electrons. The van der Waals surface area contributed by atoms with E-state index in [0.29, 0.717) is 11.3 Å². The summed E-state index contributed by atoms with van der Waals surface area (Å²) in [6.07, 6.45) is -4.05. The van der Waals surface area contributed by atoms with Crippen molar-refractivity contribution in [2.75, 3.05) is 11.5 Å². The van der Waals surface area contributed by atoms with Gasteiger partial charge in [0.1, 0.15) is 12.2 Å². The van der Waals surface area contributed by atoms with E-state index in [-0.39, 0.29) is 17.4 Å². The first-order valence-electron chi connectivity index (χ1n) is 11.4. The number of rotatable bonds is 6. The summed E-state index contributed by atoms with van der Waals surface area (Å²) in [4.78, 5) is 34.6. The van der Waals surface area contributed by atoms with Gasteiger partial charge < -0.3 is 35.0 Å². The number of fused-ring (bicyclic) bond motifs is 4. The van der Waals surface area contributed by atoms with E-state index in [2.05, 4.69) is 25.3 Å². The van der Waals surface area contributed by atoms with Gasteiger partial charge in [-0.25, -0.2) is 4.98 Å². The molecule has 1 aliphatic rings. The normalized spacial score (nSPS) is 22.4. The van der Waals surface area contributed by atoms with Crippen LogP contribution in [0.5, 0.6) is 0 Å². The molecule has 12 nitrogen and oxygen atoms in total. The standard InChI is InChI=1S/C23H22ClN6O6P/c24-23-28-20(26-11-5-6-15-13(9-11)12-3-1-2-4-14(12)27-15)17-21(29-23)30(10-25-17)22-19(32)18(31)16(36-22)7-8-37(33,34)35/h1-6,9-10,16,18-19,22,27,31-32H,7-8H2,(H,26,28,29)(H2,33,34,35). The van der Waals surface area contributed by atoms with Crippen LogP contribution in [-0.2, 0) is 9.30 Å². The first-order valence-corrected chi connectivity index (χ1v) is 13.6. The molecule has 1 aliphatic heterocycles. The van der Waals surface area contributed by atoms with Gasteiger partial charge in [-0.1, -0.05) is 18.2 Å². The molecule has 1 saturated heterocycles. The zero-order chi connectivity index (χ0) is 25.9. The Kier molecular flexibility index (Phi) is 5.92. The minimum absolute atomic E-state index is 0.0731. The second kappa shape index (κ2) is 9.03. The van der Waals surface area contributed by atoms with Gasteiger partial charge in [-0.05, 0) is 42.3 Å². The second-order valence-electron chi connectivity index (χ2n) is 8.94. The fourth-order valence-corrected chi connectivity index (χ4v) is 5.47. The number of H-pyrrole nitrogens is 1. The van der Waals surface area contributed by atoms with Crippen LogP contribution in [0, 0.1) is 0 Å². The van der Waals surface area contributed by atoms with Crippen LogP contribution < -0.4 is 5.32 Å². The molecular formula is C23H22ClN6O6P. The van der Waals surface area contributed by atoms with Gasteiger partial charge in [0.15, 0.2) is 23.2 Å². The lowest BCUT2D eigenvalue weighted by molar-refractivity contribution is -0.0355. The molecule has 1 fully saturated rings. The van der Waals surface area contributed by atoms with Crippen molar-refractivity contribution in [1.82, 2.24) is 24.5 Å². The van der Waals surface area contributed by atoms with Gasteiger partial charge in [0.2, 0.25) is 5.28 Å². The summed E-state index contributed by atoms with van der Waals surface area (Å²) in [6.45, 7) is 0. The Labute approximate surface area is 214 Å². The predicted molar refractivity (Wildman–Crippen MR) is 137 cm³/mol. The Balaban J connectivity index is 1.33. The summed E-state index contributed by atoms with van der Waals surface area (Å²) in [6, 6.07) is 13.8. The number of anilines is 2. The van der Waals surface area contributed by atoms with E-state index < -0.39 is 38.3 Å². The highest BCUT2D eigenvalue weighted by Gasteiger charge is 2.44. The van der Waals surface area contributed by atoms with Crippen molar-refractivity contribution >= 4 is 63.7 Å². The summed E-state index contributed by atoms with van der Waals surface area (Å²) in [5, 5.41) is 26.3. The fraction of sp³-hybridized carbons (Fsp3) is 0.261. The Morgan fingerprint density at radius 3 is 2.68 bits per heavy atom. The minimum atomic E-state index is -4.30. The summed E-state index contributed by atoms with van der Waals surface area (Å²) < 4.78 is 18.4. The molecule has 0 bridgehead atoms. The Bertz CT molecular complexity index is 1680. The van der Waals surface area contributed by atoms with Gasteiger partial charge in [-0.2, -0.15) is 9.97 Å². The molecular weight excluding hydrogens is 523 g/mol. The first-order chi connectivity index (χ1) is 17.7. The number of aromatic amines is 1. The number of ether oxygens (including phenoxy) is 1. The van der Waals surface area contributed by atoms with Crippen molar-refractivity contribution in [2.45, 2.75) is 31.0 Å². The van der Waals surface area contributed by atoms with Crippen LogP contribution in [0.4, 0.5) is 11.5 Å². The van der Waals surface area contributed by atoms with E-state index in [1.54, 1.807) is 0 Å². The molecule has 4 heterocycles. The number of halogens is 1. The number of nitrogens with zero attached hydrogens (tertiary/aromatic N) is 4. The van der Waals surface area contributed by atoms with Crippen LogP contribution in [0.1, 0.15) is 12.6 Å². The maximum atomic E-state index is 11.2. The number of hydrogen-bond acceptors (Lipinski definition) is 8. The lowest BCUT2D eigenvalue weighted by Gasteiger charge is -2.17. The van der Waals surface area contributed by atoms with Crippen molar-refractivity contribution in [3.05, 3.63) is 54.1 Å². The van der Waals surface area contributed by atoms with Crippen molar-refractivity contribution < 1.29 is 29.3 Å². The van der Waals surface area contributed by atoms with Crippen molar-refractivity contribution in [3.63, 3.8) is 0 Å². The smallest absolute Gasteiger partial charge is 0.325 e. The third-order valence-corrected chi connectivity index (χ3v) is 7.49. The second-order valence-corrected chi connectivity index (χ2v) is 11.1. The number of benzene rings is 2. The molecule has 2 aromatic carbocycles. The monoisotopic (exact) mass is 544 g/mol. The highest BCUT2D eigenvalue weighted by atomic mass is 35.5. The van der Waals surface area contributed by atoms with E-state index in [1.807, 2.05) is 42.5 Å². The molecule has 6 rings (SSSR count). The fourth-order valence-electron chi connectivity index (χ4n) is 4.72. The van der Waals surface area contributed by atoms with Gasteiger partial charge in [0, 0.05) is 27.5 Å². The number of para-hydroxylation sites is 1. The highest BCUT2D eigenvalue weighted by Crippen LogP contribution is 2.40. The Morgan fingerprint density at radius 2 is 1.86 bits per heavy atom. The van der Waals surface area contributed by atoms with Crippen LogP contribution in [0.15, 0.2) is 48.8 Å². The predicted octanol–water partition coefficient (Wildman–Crippen LogP) is 3.04. The molecule has 4 atom stereocenters. The van der Waals surface area contributed by atoms with E-state index in [9.17, 15) is 14.8 Å². The zero-order valence-corrected chi connectivity index (χ0v) is 20.7. The molecule has 0 aliphatic carbocycles. The van der Waals surface area contributed by atoms with Gasteiger partial charge in [0.05, 0.1) is 18.6 Å². The van der Waals surface area contributed by atoms with Crippen LogP contribution in [0.25, 0.3) is 33.0 Å². The molecule has 0 saturated carbocycles. The van der Waals surface area contributed by atoms with Gasteiger partial charge in [0.25, 0.3) is 0 Å². The number of aliphatic hydroxyl groups excluding tert-OH is 2. The van der Waals surface area contributed by atoms with E-state index in [1.165, 1.54) is 10.9 Å². The summed E-state index contributed by atoms with van der Waals surface area (Å²) >= 11 is 6.23. The third-order valence-electron chi connectivity index (χ3n) is 6.48. The molecule has 14 heteroatoms. The topological polar surface area (TPSA) is 179 Å². The van der Waals surface area contributed by atoms with Crippen LogP contribution in [0.2, 0.25) is 5.28 Å². The summed E-state index contributed by atoms with van der Waals surface area (Å²) in [5.41, 5.74) is 3.36. The number of hydrogen-bond donors (Lipinski definition) is 6. The molecule has 5 aromatic rings. The van der Waals surface area contributed by atoms with Crippen molar-refractivity contribution in [2.24, 2.45) is 0 Å². The zero-order valence-electron chi connectivity index (χ0n) is 19.1. The Hall–Kier alpha value is -3.09. The molecule has 6 N–H and O–H groups in total. The molecule has 3 aromatic heterocycles. The average molecular weight is 545 g/mol. The van der Waals surface area contributed by atoms with E-state index in [4.69, 9.17) is 26.1 Å². The van der Waals surface area contributed by atoms with E-state index >= 15 is 0 Å². The molecule has 0 amide bonds. The largest absolute Gasteiger partial charge is 0.388 e. The lowest BCUT2D eigenvalue weighted by Crippen LogP contribution is -2.31. The third kappa shape index (κ3) is 4.47. The quantitative estimate of drug-likeness (QED) is 0.137. The number of aromatic nitrogens is 5. The molecule has 0 spiro atoms. The van der Waals surface area contributed by atoms with Gasteiger partial charge in [-0.15, -0.1) is 0 Å². The number of aliphatic hydroxyl groups is 2. The van der Waals surface area contributed by atoms with Gasteiger partial charge >= 0.3 is 7.60 Å². The maximum Gasteiger partial charge on any atom is 0.325 e.